The van der Waals surface area contributed by atoms with Gasteiger partial charge in [0.25, 0.3) is 0 Å². The summed E-state index contributed by atoms with van der Waals surface area (Å²) < 4.78 is 0. The number of nitrogens with one attached hydrogen (secondary N) is 2. The van der Waals surface area contributed by atoms with Gasteiger partial charge in [0.2, 0.25) is 11.8 Å². The van der Waals surface area contributed by atoms with E-state index in [4.69, 9.17) is 5.73 Å². The highest BCUT2D eigenvalue weighted by molar-refractivity contribution is 6.01. The summed E-state index contributed by atoms with van der Waals surface area (Å²) in [6, 6.07) is 6.07. The van der Waals surface area contributed by atoms with Gasteiger partial charge in [0.1, 0.15) is 0 Å². The molecule has 0 saturated carbocycles. The molecule has 2 rings (SSSR count). The van der Waals surface area contributed by atoms with Crippen LogP contribution in [-0.4, -0.2) is 35.3 Å². The monoisotopic (exact) mass is 318 g/mol. The molecule has 23 heavy (non-hydrogen) atoms. The Hall–Kier alpha value is -2.41. The highest BCUT2D eigenvalue weighted by Crippen LogP contribution is 2.15. The van der Waals surface area contributed by atoms with Crippen LogP contribution in [0, 0.1) is 5.92 Å². The lowest BCUT2D eigenvalue weighted by Gasteiger charge is -2.16. The van der Waals surface area contributed by atoms with Gasteiger partial charge in [0.05, 0.1) is 19.1 Å². The summed E-state index contributed by atoms with van der Waals surface area (Å²) >= 11 is 0. The third-order valence-electron chi connectivity index (χ3n) is 3.53. The van der Waals surface area contributed by atoms with E-state index in [-0.39, 0.29) is 24.9 Å². The van der Waals surface area contributed by atoms with Crippen LogP contribution in [0.25, 0.3) is 0 Å². The number of imide groups is 1. The number of hydrogen-bond acceptors (Lipinski definition) is 4. The van der Waals surface area contributed by atoms with Crippen molar-refractivity contribution in [1.82, 2.24) is 10.2 Å². The van der Waals surface area contributed by atoms with Crippen LogP contribution in [0.3, 0.4) is 0 Å². The van der Waals surface area contributed by atoms with Crippen LogP contribution in [0.4, 0.5) is 10.5 Å². The molecule has 4 amide bonds. The summed E-state index contributed by atoms with van der Waals surface area (Å²) in [5, 5.41) is 5.24. The number of urea groups is 1. The number of benzene rings is 1. The van der Waals surface area contributed by atoms with Crippen LogP contribution in [0.5, 0.6) is 0 Å². The van der Waals surface area contributed by atoms with Gasteiger partial charge in [-0.05, 0) is 30.0 Å². The Balaban J connectivity index is 2.01. The maximum atomic E-state index is 12.0. The van der Waals surface area contributed by atoms with E-state index in [1.165, 1.54) is 0 Å². The molecule has 1 heterocycles. The lowest BCUT2D eigenvalue weighted by molar-refractivity contribution is -0.125. The van der Waals surface area contributed by atoms with Gasteiger partial charge in [-0.2, -0.15) is 0 Å². The Labute approximate surface area is 135 Å². The van der Waals surface area contributed by atoms with Crippen LogP contribution in [0.2, 0.25) is 0 Å². The fourth-order valence-corrected chi connectivity index (χ4v) is 2.40. The molecule has 0 bridgehead atoms. The van der Waals surface area contributed by atoms with Crippen LogP contribution < -0.4 is 16.4 Å². The molecule has 1 aromatic rings. The van der Waals surface area contributed by atoms with Crippen LogP contribution in [-0.2, 0) is 16.1 Å². The summed E-state index contributed by atoms with van der Waals surface area (Å²) in [4.78, 5) is 36.3. The molecule has 0 aliphatic carbocycles. The second kappa shape index (κ2) is 7.23. The molecule has 0 radical (unpaired) electrons. The summed E-state index contributed by atoms with van der Waals surface area (Å²) in [7, 11) is 0. The minimum absolute atomic E-state index is 0.0271. The standard InChI is InChI=1S/C16H22N4O3/c1-10(2)6-13(17)15(22)19-12-5-3-4-11(7-12)9-20-14(21)8-18-16(20)23/h3-5,7,10,13H,6,8-9,17H2,1-2H3,(H,18,23)(H,19,22)/t13-/m0/s1. The van der Waals surface area contributed by atoms with Gasteiger partial charge < -0.3 is 16.4 Å². The van der Waals surface area contributed by atoms with E-state index < -0.39 is 12.1 Å². The van der Waals surface area contributed by atoms with Crippen molar-refractivity contribution in [3.63, 3.8) is 0 Å². The quantitative estimate of drug-likeness (QED) is 0.682. The van der Waals surface area contributed by atoms with E-state index in [2.05, 4.69) is 10.6 Å². The summed E-state index contributed by atoms with van der Waals surface area (Å²) in [5.41, 5.74) is 7.21. The molecule has 1 aliphatic rings. The van der Waals surface area contributed by atoms with Crippen LogP contribution >= 0.6 is 0 Å². The SMILES string of the molecule is CC(C)C[C@H](N)C(=O)Nc1cccc(CN2C(=O)CNC2=O)c1. The molecule has 0 aromatic heterocycles. The zero-order chi connectivity index (χ0) is 17.0. The van der Waals surface area contributed by atoms with Crippen molar-refractivity contribution in [2.75, 3.05) is 11.9 Å². The Morgan fingerprint density at radius 3 is 2.74 bits per heavy atom. The first-order chi connectivity index (χ1) is 10.9. The molecule has 1 saturated heterocycles. The van der Waals surface area contributed by atoms with Crippen molar-refractivity contribution in [3.8, 4) is 0 Å². The Morgan fingerprint density at radius 2 is 2.13 bits per heavy atom. The summed E-state index contributed by atoms with van der Waals surface area (Å²) in [6.07, 6.45) is 0.605. The van der Waals surface area contributed by atoms with Crippen molar-refractivity contribution in [1.29, 1.82) is 0 Å². The average molecular weight is 318 g/mol. The van der Waals surface area contributed by atoms with E-state index in [1.54, 1.807) is 24.3 Å². The fraction of sp³-hybridized carbons (Fsp3) is 0.438. The molecule has 1 fully saturated rings. The molecule has 7 nitrogen and oxygen atoms in total. The highest BCUT2D eigenvalue weighted by atomic mass is 16.2. The maximum absolute atomic E-state index is 12.0. The van der Waals surface area contributed by atoms with Gasteiger partial charge in [0.15, 0.2) is 0 Å². The van der Waals surface area contributed by atoms with Crippen molar-refractivity contribution in [2.24, 2.45) is 11.7 Å². The first kappa shape index (κ1) is 17.0. The molecular weight excluding hydrogens is 296 g/mol. The van der Waals surface area contributed by atoms with Crippen molar-refractivity contribution < 1.29 is 14.4 Å². The molecular formula is C16H22N4O3. The molecule has 4 N–H and O–H groups in total. The van der Waals surface area contributed by atoms with Crippen LogP contribution in [0.15, 0.2) is 24.3 Å². The topological polar surface area (TPSA) is 105 Å². The summed E-state index contributed by atoms with van der Waals surface area (Å²) in [5.74, 6) is -0.170. The smallest absolute Gasteiger partial charge is 0.324 e. The largest absolute Gasteiger partial charge is 0.329 e. The van der Waals surface area contributed by atoms with Crippen molar-refractivity contribution in [3.05, 3.63) is 29.8 Å². The number of rotatable bonds is 6. The predicted octanol–water partition coefficient (Wildman–Crippen LogP) is 1.05. The first-order valence-corrected chi connectivity index (χ1v) is 7.60. The molecule has 0 unspecified atom stereocenters. The molecule has 124 valence electrons. The van der Waals surface area contributed by atoms with E-state index in [1.807, 2.05) is 13.8 Å². The molecule has 1 atom stereocenters. The normalized spacial score (nSPS) is 15.7. The van der Waals surface area contributed by atoms with Gasteiger partial charge in [0, 0.05) is 5.69 Å². The number of hydrogen-bond donors (Lipinski definition) is 3. The molecule has 0 spiro atoms. The summed E-state index contributed by atoms with van der Waals surface area (Å²) in [6.45, 7) is 4.21. The van der Waals surface area contributed by atoms with Crippen molar-refractivity contribution in [2.45, 2.75) is 32.9 Å². The first-order valence-electron chi connectivity index (χ1n) is 7.60. The lowest BCUT2D eigenvalue weighted by atomic mass is 10.0. The van der Waals surface area contributed by atoms with E-state index in [0.29, 0.717) is 18.0 Å². The Bertz CT molecular complexity index is 599. The molecule has 7 heteroatoms. The second-order valence-corrected chi connectivity index (χ2v) is 6.06. The second-order valence-electron chi connectivity index (χ2n) is 6.06. The van der Waals surface area contributed by atoms with E-state index in [9.17, 15) is 14.4 Å². The van der Waals surface area contributed by atoms with Crippen molar-refractivity contribution >= 4 is 23.5 Å². The number of amides is 4. The molecule has 1 aromatic carbocycles. The van der Waals surface area contributed by atoms with Crippen LogP contribution in [0.1, 0.15) is 25.8 Å². The number of anilines is 1. The highest BCUT2D eigenvalue weighted by Gasteiger charge is 2.28. The molecule has 1 aliphatic heterocycles. The number of carbonyl (C=O) groups excluding carboxylic acids is 3. The number of carbonyl (C=O) groups is 3. The minimum Gasteiger partial charge on any atom is -0.329 e. The third kappa shape index (κ3) is 4.53. The average Bonchev–Trinajstić information content (AvgIpc) is 2.79. The predicted molar refractivity (Wildman–Crippen MR) is 86.5 cm³/mol. The number of nitrogens with two attached hydrogens (primary N) is 1. The fourth-order valence-electron chi connectivity index (χ4n) is 2.40. The minimum atomic E-state index is -0.565. The van der Waals surface area contributed by atoms with Gasteiger partial charge in [-0.15, -0.1) is 0 Å². The van der Waals surface area contributed by atoms with Gasteiger partial charge >= 0.3 is 6.03 Å². The zero-order valence-corrected chi connectivity index (χ0v) is 13.3. The lowest BCUT2D eigenvalue weighted by Crippen LogP contribution is -2.36. The Morgan fingerprint density at radius 1 is 1.39 bits per heavy atom. The van der Waals surface area contributed by atoms with E-state index >= 15 is 0 Å². The van der Waals surface area contributed by atoms with Gasteiger partial charge in [-0.25, -0.2) is 4.79 Å². The van der Waals surface area contributed by atoms with Gasteiger partial charge in [-0.3, -0.25) is 14.5 Å². The zero-order valence-electron chi connectivity index (χ0n) is 13.3. The maximum Gasteiger partial charge on any atom is 0.324 e. The Kier molecular flexibility index (Phi) is 5.33. The van der Waals surface area contributed by atoms with Gasteiger partial charge in [-0.1, -0.05) is 26.0 Å². The third-order valence-corrected chi connectivity index (χ3v) is 3.53. The van der Waals surface area contributed by atoms with E-state index in [0.717, 1.165) is 10.5 Å². The number of nitrogens with zero attached hydrogens (tertiary/aromatic N) is 1.